The molecular formula is C11H15NO3. The highest BCUT2D eigenvalue weighted by Crippen LogP contribution is 2.25. The molecule has 1 aromatic carbocycles. The average Bonchev–Trinajstić information content (AvgIpc) is 2.28. The molecule has 0 aromatic heterocycles. The van der Waals surface area contributed by atoms with Gasteiger partial charge in [0.25, 0.3) is 0 Å². The summed E-state index contributed by atoms with van der Waals surface area (Å²) in [4.78, 5) is 11.1. The molecule has 82 valence electrons. The minimum Gasteiger partial charge on any atom is -0.496 e. The van der Waals surface area contributed by atoms with Gasteiger partial charge in [0.2, 0.25) is 0 Å². The van der Waals surface area contributed by atoms with Crippen molar-refractivity contribution in [1.29, 1.82) is 0 Å². The minimum absolute atomic E-state index is 0.150. The van der Waals surface area contributed by atoms with Crippen molar-refractivity contribution in [2.75, 3.05) is 14.2 Å². The van der Waals surface area contributed by atoms with Gasteiger partial charge in [-0.3, -0.25) is 4.79 Å². The Kier molecular flexibility index (Phi) is 4.12. The third-order valence-corrected chi connectivity index (χ3v) is 2.15. The Morgan fingerprint density at radius 2 is 2.07 bits per heavy atom. The van der Waals surface area contributed by atoms with Gasteiger partial charge >= 0.3 is 5.97 Å². The summed E-state index contributed by atoms with van der Waals surface area (Å²) in [6.45, 7) is 0. The van der Waals surface area contributed by atoms with Crippen LogP contribution < -0.4 is 10.5 Å². The lowest BCUT2D eigenvalue weighted by atomic mass is 10.0. The first-order chi connectivity index (χ1) is 7.19. The first-order valence-electron chi connectivity index (χ1n) is 4.64. The quantitative estimate of drug-likeness (QED) is 0.758. The number of esters is 1. The Hall–Kier alpha value is -1.55. The van der Waals surface area contributed by atoms with Crippen LogP contribution >= 0.6 is 0 Å². The normalized spacial score (nSPS) is 11.9. The zero-order valence-corrected chi connectivity index (χ0v) is 8.90. The number of para-hydroxylation sites is 1. The van der Waals surface area contributed by atoms with E-state index in [1.54, 1.807) is 7.11 Å². The molecule has 2 N–H and O–H groups in total. The molecule has 1 aromatic rings. The van der Waals surface area contributed by atoms with Crippen molar-refractivity contribution in [2.45, 2.75) is 12.5 Å². The monoisotopic (exact) mass is 209 g/mol. The van der Waals surface area contributed by atoms with Crippen molar-refractivity contribution in [3.05, 3.63) is 29.8 Å². The van der Waals surface area contributed by atoms with Crippen LogP contribution in [0.3, 0.4) is 0 Å². The van der Waals surface area contributed by atoms with Crippen molar-refractivity contribution in [3.8, 4) is 5.75 Å². The van der Waals surface area contributed by atoms with Crippen LogP contribution in [0.15, 0.2) is 24.3 Å². The maximum Gasteiger partial charge on any atom is 0.307 e. The Morgan fingerprint density at radius 3 is 2.67 bits per heavy atom. The summed E-state index contributed by atoms with van der Waals surface area (Å²) in [7, 11) is 2.92. The second-order valence-corrected chi connectivity index (χ2v) is 3.13. The summed E-state index contributed by atoms with van der Waals surface area (Å²) in [5.74, 6) is 0.363. The zero-order chi connectivity index (χ0) is 11.3. The van der Waals surface area contributed by atoms with Crippen molar-refractivity contribution in [1.82, 2.24) is 0 Å². The zero-order valence-electron chi connectivity index (χ0n) is 8.90. The molecule has 0 spiro atoms. The molecule has 15 heavy (non-hydrogen) atoms. The molecular weight excluding hydrogens is 194 g/mol. The van der Waals surface area contributed by atoms with Crippen LogP contribution in [0.2, 0.25) is 0 Å². The van der Waals surface area contributed by atoms with Gasteiger partial charge in [0.1, 0.15) is 5.75 Å². The van der Waals surface area contributed by atoms with E-state index in [4.69, 9.17) is 10.5 Å². The van der Waals surface area contributed by atoms with Crippen LogP contribution in [0.25, 0.3) is 0 Å². The van der Waals surface area contributed by atoms with Crippen molar-refractivity contribution < 1.29 is 14.3 Å². The standard InChI is InChI=1S/C11H15NO3/c1-14-10-6-4-3-5-8(10)9(12)7-11(13)15-2/h3-6,9H,7,12H2,1-2H3/t9-/m1/s1. The van der Waals surface area contributed by atoms with E-state index >= 15 is 0 Å². The Bertz CT molecular complexity index is 338. The Labute approximate surface area is 89.0 Å². The number of methoxy groups -OCH3 is 2. The summed E-state index contributed by atoms with van der Waals surface area (Å²) < 4.78 is 9.71. The first kappa shape index (κ1) is 11.5. The maximum absolute atomic E-state index is 11.1. The van der Waals surface area contributed by atoms with Gasteiger partial charge in [-0.1, -0.05) is 18.2 Å². The van der Waals surface area contributed by atoms with Crippen LogP contribution in [0, 0.1) is 0 Å². The van der Waals surface area contributed by atoms with Crippen LogP contribution in [0.1, 0.15) is 18.0 Å². The summed E-state index contributed by atoms with van der Waals surface area (Å²) in [5.41, 5.74) is 6.68. The van der Waals surface area contributed by atoms with E-state index in [0.717, 1.165) is 5.56 Å². The van der Waals surface area contributed by atoms with E-state index < -0.39 is 6.04 Å². The second-order valence-electron chi connectivity index (χ2n) is 3.13. The van der Waals surface area contributed by atoms with Gasteiger partial charge in [0.15, 0.2) is 0 Å². The molecule has 0 amide bonds. The van der Waals surface area contributed by atoms with Crippen LogP contribution in [-0.4, -0.2) is 20.2 Å². The fraction of sp³-hybridized carbons (Fsp3) is 0.364. The fourth-order valence-corrected chi connectivity index (χ4v) is 1.35. The van der Waals surface area contributed by atoms with Crippen LogP contribution in [0.5, 0.6) is 5.75 Å². The molecule has 0 aliphatic carbocycles. The molecule has 0 heterocycles. The molecule has 0 fully saturated rings. The highest BCUT2D eigenvalue weighted by Gasteiger charge is 2.15. The number of carbonyl (C=O) groups excluding carboxylic acids is 1. The number of carbonyl (C=O) groups is 1. The molecule has 0 saturated carbocycles. The van der Waals surface area contributed by atoms with Crippen molar-refractivity contribution in [2.24, 2.45) is 5.73 Å². The van der Waals surface area contributed by atoms with Gasteiger partial charge in [-0.2, -0.15) is 0 Å². The van der Waals surface area contributed by atoms with Gasteiger partial charge in [0.05, 0.1) is 20.6 Å². The lowest BCUT2D eigenvalue weighted by Gasteiger charge is -2.14. The molecule has 4 nitrogen and oxygen atoms in total. The Morgan fingerprint density at radius 1 is 1.40 bits per heavy atom. The molecule has 0 aliphatic rings. The average molecular weight is 209 g/mol. The highest BCUT2D eigenvalue weighted by molar-refractivity contribution is 5.70. The van der Waals surface area contributed by atoms with E-state index in [-0.39, 0.29) is 12.4 Å². The number of hydrogen-bond acceptors (Lipinski definition) is 4. The lowest BCUT2D eigenvalue weighted by Crippen LogP contribution is -2.17. The molecule has 0 aliphatic heterocycles. The second kappa shape index (κ2) is 5.36. The van der Waals surface area contributed by atoms with Crippen molar-refractivity contribution in [3.63, 3.8) is 0 Å². The SMILES string of the molecule is COC(=O)C[C@@H](N)c1ccccc1OC. The molecule has 1 rings (SSSR count). The third-order valence-electron chi connectivity index (χ3n) is 2.15. The highest BCUT2D eigenvalue weighted by atomic mass is 16.5. The van der Waals surface area contributed by atoms with E-state index in [1.807, 2.05) is 24.3 Å². The van der Waals surface area contributed by atoms with E-state index in [9.17, 15) is 4.79 Å². The topological polar surface area (TPSA) is 61.5 Å². The minimum atomic E-state index is -0.395. The smallest absolute Gasteiger partial charge is 0.307 e. The van der Waals surface area contributed by atoms with Gasteiger partial charge in [-0.15, -0.1) is 0 Å². The molecule has 1 atom stereocenters. The third kappa shape index (κ3) is 2.95. The predicted octanol–water partition coefficient (Wildman–Crippen LogP) is 1.26. The molecule has 0 radical (unpaired) electrons. The van der Waals surface area contributed by atoms with E-state index in [1.165, 1.54) is 7.11 Å². The summed E-state index contributed by atoms with van der Waals surface area (Å²) in [6, 6.07) is 6.97. The van der Waals surface area contributed by atoms with Gasteiger partial charge in [-0.05, 0) is 6.07 Å². The number of ether oxygens (including phenoxy) is 2. The number of hydrogen-bond donors (Lipinski definition) is 1. The van der Waals surface area contributed by atoms with Crippen molar-refractivity contribution >= 4 is 5.97 Å². The largest absolute Gasteiger partial charge is 0.496 e. The van der Waals surface area contributed by atoms with Gasteiger partial charge in [-0.25, -0.2) is 0 Å². The van der Waals surface area contributed by atoms with E-state index in [0.29, 0.717) is 5.75 Å². The van der Waals surface area contributed by atoms with Gasteiger partial charge in [0, 0.05) is 11.6 Å². The van der Waals surface area contributed by atoms with Crippen LogP contribution in [0.4, 0.5) is 0 Å². The molecule has 0 saturated heterocycles. The summed E-state index contributed by atoms with van der Waals surface area (Å²) in [5, 5.41) is 0. The number of benzene rings is 1. The summed E-state index contributed by atoms with van der Waals surface area (Å²) >= 11 is 0. The Balaban J connectivity index is 2.80. The predicted molar refractivity (Wildman–Crippen MR) is 56.6 cm³/mol. The lowest BCUT2D eigenvalue weighted by molar-refractivity contribution is -0.141. The number of nitrogens with two attached hydrogens (primary N) is 1. The molecule has 0 unspecified atom stereocenters. The summed E-state index contributed by atoms with van der Waals surface area (Å²) in [6.07, 6.45) is 0.150. The van der Waals surface area contributed by atoms with E-state index in [2.05, 4.69) is 4.74 Å². The van der Waals surface area contributed by atoms with Gasteiger partial charge < -0.3 is 15.2 Å². The molecule has 0 bridgehead atoms. The fourth-order valence-electron chi connectivity index (χ4n) is 1.35. The van der Waals surface area contributed by atoms with Crippen LogP contribution in [-0.2, 0) is 9.53 Å². The number of rotatable bonds is 4. The first-order valence-corrected chi connectivity index (χ1v) is 4.64. The molecule has 4 heteroatoms. The maximum atomic E-state index is 11.1.